The number of hydrogen-bond acceptors (Lipinski definition) is 4. The SMILES string of the molecule is CC(C)Sc1ccc(CC(=O)NC2CCC(Oc3ccc(C(F)(F)F)cn3)CC2)cc1. The first-order chi connectivity index (χ1) is 14.7. The molecular weight excluding hydrogens is 425 g/mol. The molecule has 31 heavy (non-hydrogen) atoms. The summed E-state index contributed by atoms with van der Waals surface area (Å²) in [6.07, 6.45) is -0.417. The second-order valence-electron chi connectivity index (χ2n) is 8.03. The Hall–Kier alpha value is -2.22. The molecule has 1 heterocycles. The third-order valence-electron chi connectivity index (χ3n) is 5.05. The highest BCUT2D eigenvalue weighted by Gasteiger charge is 2.31. The quantitative estimate of drug-likeness (QED) is 0.552. The van der Waals surface area contributed by atoms with E-state index in [9.17, 15) is 18.0 Å². The van der Waals surface area contributed by atoms with Gasteiger partial charge < -0.3 is 10.1 Å². The second kappa shape index (κ2) is 10.4. The van der Waals surface area contributed by atoms with E-state index in [-0.39, 0.29) is 23.9 Å². The van der Waals surface area contributed by atoms with Crippen LogP contribution in [-0.4, -0.2) is 28.3 Å². The van der Waals surface area contributed by atoms with Gasteiger partial charge in [0.2, 0.25) is 11.8 Å². The van der Waals surface area contributed by atoms with Gasteiger partial charge in [0.1, 0.15) is 6.10 Å². The predicted octanol–water partition coefficient (Wildman–Crippen LogP) is 5.65. The number of carbonyl (C=O) groups excluding carboxylic acids is 1. The molecule has 1 aliphatic carbocycles. The Labute approximate surface area is 185 Å². The first-order valence-electron chi connectivity index (χ1n) is 10.4. The van der Waals surface area contributed by atoms with E-state index in [0.717, 1.165) is 43.5 Å². The van der Waals surface area contributed by atoms with Crippen molar-refractivity contribution in [1.29, 1.82) is 0 Å². The predicted molar refractivity (Wildman–Crippen MR) is 115 cm³/mol. The monoisotopic (exact) mass is 452 g/mol. The first-order valence-corrected chi connectivity index (χ1v) is 11.3. The van der Waals surface area contributed by atoms with Crippen molar-refractivity contribution in [1.82, 2.24) is 10.3 Å². The van der Waals surface area contributed by atoms with E-state index >= 15 is 0 Å². The summed E-state index contributed by atoms with van der Waals surface area (Å²) in [4.78, 5) is 17.3. The Morgan fingerprint density at radius 1 is 1.13 bits per heavy atom. The number of alkyl halides is 3. The molecule has 0 bridgehead atoms. The molecule has 0 saturated heterocycles. The van der Waals surface area contributed by atoms with Gasteiger partial charge in [-0.2, -0.15) is 13.2 Å². The highest BCUT2D eigenvalue weighted by atomic mass is 32.2. The molecule has 4 nitrogen and oxygen atoms in total. The molecular formula is C23H27F3N2O2S. The number of amides is 1. The Bertz CT molecular complexity index is 847. The fraction of sp³-hybridized carbons (Fsp3) is 0.478. The summed E-state index contributed by atoms with van der Waals surface area (Å²) < 4.78 is 43.5. The zero-order chi connectivity index (χ0) is 22.4. The molecule has 3 rings (SSSR count). The molecule has 1 saturated carbocycles. The molecule has 168 valence electrons. The highest BCUT2D eigenvalue weighted by molar-refractivity contribution is 7.99. The third kappa shape index (κ3) is 7.45. The number of rotatable bonds is 7. The number of nitrogens with one attached hydrogen (secondary N) is 1. The van der Waals surface area contributed by atoms with Gasteiger partial charge in [0.05, 0.1) is 12.0 Å². The Kier molecular flexibility index (Phi) is 7.86. The van der Waals surface area contributed by atoms with Crippen LogP contribution in [0.3, 0.4) is 0 Å². The topological polar surface area (TPSA) is 51.2 Å². The minimum Gasteiger partial charge on any atom is -0.474 e. The van der Waals surface area contributed by atoms with Gasteiger partial charge in [-0.3, -0.25) is 4.79 Å². The summed E-state index contributed by atoms with van der Waals surface area (Å²) >= 11 is 1.79. The van der Waals surface area contributed by atoms with Crippen molar-refractivity contribution in [3.63, 3.8) is 0 Å². The number of pyridine rings is 1. The van der Waals surface area contributed by atoms with Crippen molar-refractivity contribution in [3.05, 3.63) is 53.7 Å². The van der Waals surface area contributed by atoms with Crippen LogP contribution in [0, 0.1) is 0 Å². The van der Waals surface area contributed by atoms with Crippen molar-refractivity contribution >= 4 is 17.7 Å². The van der Waals surface area contributed by atoms with Gasteiger partial charge in [-0.05, 0) is 49.4 Å². The van der Waals surface area contributed by atoms with Gasteiger partial charge in [-0.25, -0.2) is 4.98 Å². The van der Waals surface area contributed by atoms with Crippen LogP contribution in [0.2, 0.25) is 0 Å². The number of nitrogens with zero attached hydrogens (tertiary/aromatic N) is 1. The lowest BCUT2D eigenvalue weighted by molar-refractivity contribution is -0.137. The largest absolute Gasteiger partial charge is 0.474 e. The van der Waals surface area contributed by atoms with Crippen LogP contribution in [0.5, 0.6) is 5.88 Å². The van der Waals surface area contributed by atoms with Crippen LogP contribution < -0.4 is 10.1 Å². The smallest absolute Gasteiger partial charge is 0.417 e. The summed E-state index contributed by atoms with van der Waals surface area (Å²) in [5.74, 6) is 0.192. The molecule has 1 aliphatic rings. The van der Waals surface area contributed by atoms with Gasteiger partial charge in [-0.15, -0.1) is 11.8 Å². The second-order valence-corrected chi connectivity index (χ2v) is 9.68. The zero-order valence-electron chi connectivity index (χ0n) is 17.6. The van der Waals surface area contributed by atoms with Crippen LogP contribution in [0.25, 0.3) is 0 Å². The summed E-state index contributed by atoms with van der Waals surface area (Å²) in [6.45, 7) is 4.29. The van der Waals surface area contributed by atoms with E-state index in [4.69, 9.17) is 4.74 Å². The van der Waals surface area contributed by atoms with Gasteiger partial charge in [0.15, 0.2) is 0 Å². The van der Waals surface area contributed by atoms with E-state index in [2.05, 4.69) is 24.1 Å². The summed E-state index contributed by atoms with van der Waals surface area (Å²) in [5, 5.41) is 3.60. The summed E-state index contributed by atoms with van der Waals surface area (Å²) in [5.41, 5.74) is 0.190. The molecule has 0 unspecified atom stereocenters. The van der Waals surface area contributed by atoms with Crippen molar-refractivity contribution in [3.8, 4) is 5.88 Å². The molecule has 1 fully saturated rings. The van der Waals surface area contributed by atoms with Gasteiger partial charge in [0.25, 0.3) is 0 Å². The molecule has 1 N–H and O–H groups in total. The molecule has 1 amide bonds. The number of aromatic nitrogens is 1. The molecule has 0 aliphatic heterocycles. The van der Waals surface area contributed by atoms with Gasteiger partial charge in [-0.1, -0.05) is 26.0 Å². The fourth-order valence-electron chi connectivity index (χ4n) is 3.54. The van der Waals surface area contributed by atoms with Crippen LogP contribution in [0.15, 0.2) is 47.5 Å². The molecule has 0 radical (unpaired) electrons. The van der Waals surface area contributed by atoms with Crippen LogP contribution in [0.4, 0.5) is 13.2 Å². The maximum atomic E-state index is 12.6. The number of carbonyl (C=O) groups is 1. The van der Waals surface area contributed by atoms with Crippen LogP contribution in [0.1, 0.15) is 50.7 Å². The van der Waals surface area contributed by atoms with Crippen molar-refractivity contribution in [2.75, 3.05) is 0 Å². The Morgan fingerprint density at radius 2 is 1.81 bits per heavy atom. The lowest BCUT2D eigenvalue weighted by Crippen LogP contribution is -2.40. The molecule has 2 aromatic rings. The average Bonchev–Trinajstić information content (AvgIpc) is 2.70. The molecule has 8 heteroatoms. The third-order valence-corrected chi connectivity index (χ3v) is 6.07. The summed E-state index contributed by atoms with van der Waals surface area (Å²) in [6, 6.07) is 10.4. The minimum absolute atomic E-state index is 0.00182. The fourth-order valence-corrected chi connectivity index (χ4v) is 4.37. The Morgan fingerprint density at radius 3 is 2.35 bits per heavy atom. The Balaban J connectivity index is 1.41. The zero-order valence-corrected chi connectivity index (χ0v) is 18.4. The normalized spacial score (nSPS) is 19.3. The minimum atomic E-state index is -4.41. The van der Waals surface area contributed by atoms with Crippen LogP contribution in [-0.2, 0) is 17.4 Å². The van der Waals surface area contributed by atoms with E-state index in [0.29, 0.717) is 11.7 Å². The molecule has 1 aromatic carbocycles. The number of hydrogen-bond donors (Lipinski definition) is 1. The van der Waals surface area contributed by atoms with Crippen molar-refractivity contribution in [2.24, 2.45) is 0 Å². The van der Waals surface area contributed by atoms with Crippen molar-refractivity contribution < 1.29 is 22.7 Å². The van der Waals surface area contributed by atoms with Gasteiger partial charge >= 0.3 is 6.18 Å². The molecule has 0 atom stereocenters. The first kappa shape index (κ1) is 23.4. The summed E-state index contributed by atoms with van der Waals surface area (Å²) in [7, 11) is 0. The standard InChI is InChI=1S/C23H27F3N2O2S/c1-15(2)31-20-10-3-16(4-11-20)13-21(29)28-18-6-8-19(9-7-18)30-22-12-5-17(14-27-22)23(24,25)26/h3-5,10-12,14-15,18-19H,6-9,13H2,1-2H3,(H,28,29). The number of benzene rings is 1. The molecule has 0 spiro atoms. The van der Waals surface area contributed by atoms with Crippen LogP contribution >= 0.6 is 11.8 Å². The van der Waals surface area contributed by atoms with Gasteiger partial charge in [0, 0.05) is 28.5 Å². The van der Waals surface area contributed by atoms with E-state index < -0.39 is 11.7 Å². The van der Waals surface area contributed by atoms with Crippen molar-refractivity contribution in [2.45, 2.75) is 74.4 Å². The lowest BCUT2D eigenvalue weighted by atomic mass is 9.92. The number of thioether (sulfide) groups is 1. The maximum Gasteiger partial charge on any atom is 0.417 e. The molecule has 1 aromatic heterocycles. The maximum absolute atomic E-state index is 12.6. The lowest BCUT2D eigenvalue weighted by Gasteiger charge is -2.29. The average molecular weight is 453 g/mol. The number of halogens is 3. The van der Waals surface area contributed by atoms with E-state index in [1.807, 2.05) is 24.3 Å². The van der Waals surface area contributed by atoms with E-state index in [1.165, 1.54) is 11.0 Å². The highest BCUT2D eigenvalue weighted by Crippen LogP contribution is 2.30. The van der Waals surface area contributed by atoms with E-state index in [1.54, 1.807) is 11.8 Å². The number of ether oxygens (including phenoxy) is 1.